The molecule has 0 radical (unpaired) electrons. The van der Waals surface area contributed by atoms with Crippen LogP contribution in [0.1, 0.15) is 36.2 Å². The Hall–Kier alpha value is -0.500. The molecule has 1 aromatic carbocycles. The lowest BCUT2D eigenvalue weighted by atomic mass is 10.1. The zero-order valence-electron chi connectivity index (χ0n) is 14.5. The number of halogens is 2. The normalized spacial score (nSPS) is 10.1. The number of hydrogen-bond acceptors (Lipinski definition) is 5. The summed E-state index contributed by atoms with van der Waals surface area (Å²) < 4.78 is 1.32. The van der Waals surface area contributed by atoms with Crippen molar-refractivity contribution in [1.82, 2.24) is 5.32 Å². The summed E-state index contributed by atoms with van der Waals surface area (Å²) >= 11 is 4.04. The zero-order valence-corrected chi connectivity index (χ0v) is 18.8. The Morgan fingerprint density at radius 1 is 1.24 bits per heavy atom. The van der Waals surface area contributed by atoms with E-state index < -0.39 is 11.9 Å². The van der Waals surface area contributed by atoms with Crippen molar-refractivity contribution in [3.63, 3.8) is 0 Å². The molecule has 0 atom stereocenters. The van der Waals surface area contributed by atoms with Crippen molar-refractivity contribution in [1.29, 1.82) is 0 Å². The lowest BCUT2D eigenvalue weighted by Crippen LogP contribution is -2.40. The van der Waals surface area contributed by atoms with E-state index in [1.807, 2.05) is 66.0 Å². The van der Waals surface area contributed by atoms with Crippen LogP contribution in [0.3, 0.4) is 0 Å². The topological polar surface area (TPSA) is 125 Å². The van der Waals surface area contributed by atoms with Crippen LogP contribution in [0, 0.1) is 14.1 Å². The number of aryl methyl sites for hydroxylation is 1. The van der Waals surface area contributed by atoms with Gasteiger partial charge in [0.25, 0.3) is 5.91 Å². The van der Waals surface area contributed by atoms with E-state index in [1.165, 1.54) is 0 Å². The third kappa shape index (κ3) is 7.33. The molecule has 142 valence electrons. The molecule has 0 spiro atoms. The van der Waals surface area contributed by atoms with Gasteiger partial charge >= 0.3 is 0 Å². The second-order valence-corrected chi connectivity index (χ2v) is 7.10. The summed E-state index contributed by atoms with van der Waals surface area (Å²) in [6, 6.07) is 1.06. The van der Waals surface area contributed by atoms with Gasteiger partial charge in [0, 0.05) is 16.5 Å². The molecule has 0 bridgehead atoms. The molecule has 0 heterocycles. The van der Waals surface area contributed by atoms with Gasteiger partial charge in [0.1, 0.15) is 0 Å². The maximum Gasteiger partial charge on any atom is 0.253 e. The van der Waals surface area contributed by atoms with Gasteiger partial charge < -0.3 is 26.6 Å². The Morgan fingerprint density at radius 3 is 2.28 bits per heavy atom. The van der Waals surface area contributed by atoms with Gasteiger partial charge in [-0.3, -0.25) is 9.59 Å². The Bertz CT molecular complexity index is 593. The van der Waals surface area contributed by atoms with Gasteiger partial charge in [0.15, 0.2) is 0 Å². The number of nitrogens with two attached hydrogens (primary N) is 1. The van der Waals surface area contributed by atoms with E-state index in [9.17, 15) is 9.59 Å². The minimum Gasteiger partial charge on any atom is -0.394 e. The standard InChI is InChI=1S/C14H19I2N3O4.C2H6/c1-7-4-9(15)11(14(23)18-8(5-20)6-21)12(16)13(7)19-10(22)2-3-17;1-2/h4,8,20-21H,2-3,5-6,17H2,1H3,(H,18,23)(H,19,22);1-2H3. The number of rotatable bonds is 7. The lowest BCUT2D eigenvalue weighted by molar-refractivity contribution is -0.116. The Labute approximate surface area is 175 Å². The van der Waals surface area contributed by atoms with Crippen LogP contribution in [0.2, 0.25) is 0 Å². The van der Waals surface area contributed by atoms with Gasteiger partial charge in [0.05, 0.1) is 34.1 Å². The first-order chi connectivity index (χ1) is 11.8. The quantitative estimate of drug-likeness (QED) is 0.315. The maximum atomic E-state index is 12.4. The Kier molecular flexibility index (Phi) is 12.5. The fraction of sp³-hybridized carbons (Fsp3) is 0.500. The van der Waals surface area contributed by atoms with Crippen molar-refractivity contribution in [3.8, 4) is 0 Å². The third-order valence-electron chi connectivity index (χ3n) is 3.05. The molecule has 0 saturated heterocycles. The number of carbonyl (C=O) groups excluding carboxylic acids is 2. The maximum absolute atomic E-state index is 12.4. The number of carbonyl (C=O) groups is 2. The van der Waals surface area contributed by atoms with Crippen LogP contribution in [0.25, 0.3) is 0 Å². The number of aliphatic hydroxyl groups is 2. The number of nitrogens with one attached hydrogen (secondary N) is 2. The summed E-state index contributed by atoms with van der Waals surface area (Å²) in [7, 11) is 0. The highest BCUT2D eigenvalue weighted by atomic mass is 127. The first kappa shape index (κ1) is 24.5. The number of aliphatic hydroxyl groups excluding tert-OH is 2. The van der Waals surface area contributed by atoms with Crippen LogP contribution >= 0.6 is 45.2 Å². The van der Waals surface area contributed by atoms with Gasteiger partial charge in [-0.1, -0.05) is 13.8 Å². The Morgan fingerprint density at radius 2 is 1.80 bits per heavy atom. The van der Waals surface area contributed by atoms with Crippen LogP contribution in [0.4, 0.5) is 5.69 Å². The fourth-order valence-corrected chi connectivity index (χ4v) is 4.43. The highest BCUT2D eigenvalue weighted by molar-refractivity contribution is 14.1. The molecule has 1 rings (SSSR count). The molecule has 0 saturated carbocycles. The molecule has 9 heteroatoms. The SMILES string of the molecule is CC.Cc1cc(I)c(C(=O)NC(CO)CO)c(I)c1NC(=O)CCN. The number of benzene rings is 1. The van der Waals surface area contributed by atoms with E-state index in [4.69, 9.17) is 15.9 Å². The van der Waals surface area contributed by atoms with Gasteiger partial charge in [-0.25, -0.2) is 0 Å². The summed E-state index contributed by atoms with van der Waals surface area (Å²) in [4.78, 5) is 24.2. The monoisotopic (exact) mass is 577 g/mol. The van der Waals surface area contributed by atoms with Gasteiger partial charge in [-0.05, 0) is 63.7 Å². The molecule has 0 fully saturated rings. The summed E-state index contributed by atoms with van der Waals surface area (Å²) in [5, 5.41) is 23.5. The predicted molar refractivity (Wildman–Crippen MR) is 116 cm³/mol. The average molecular weight is 577 g/mol. The van der Waals surface area contributed by atoms with E-state index in [1.54, 1.807) is 6.07 Å². The van der Waals surface area contributed by atoms with Gasteiger partial charge in [-0.15, -0.1) is 0 Å². The van der Waals surface area contributed by atoms with Crippen molar-refractivity contribution in [3.05, 3.63) is 24.3 Å². The van der Waals surface area contributed by atoms with E-state index >= 15 is 0 Å². The molecular formula is C16H25I2N3O4. The minimum atomic E-state index is -0.731. The first-order valence-electron chi connectivity index (χ1n) is 7.86. The number of amides is 2. The van der Waals surface area contributed by atoms with E-state index in [0.29, 0.717) is 18.4 Å². The molecule has 0 aliphatic carbocycles. The number of hydrogen-bond donors (Lipinski definition) is 5. The average Bonchev–Trinajstić information content (AvgIpc) is 2.58. The first-order valence-corrected chi connectivity index (χ1v) is 10.0. The summed E-state index contributed by atoms with van der Waals surface area (Å²) in [5.74, 6) is -0.633. The predicted octanol–water partition coefficient (Wildman–Crippen LogP) is 1.60. The van der Waals surface area contributed by atoms with Crippen LogP contribution in [0.15, 0.2) is 6.07 Å². The smallest absolute Gasteiger partial charge is 0.253 e. The highest BCUT2D eigenvalue weighted by Crippen LogP contribution is 2.30. The molecule has 7 nitrogen and oxygen atoms in total. The zero-order chi connectivity index (χ0) is 19.6. The number of anilines is 1. The Balaban J connectivity index is 0.00000277. The molecule has 1 aromatic rings. The second-order valence-electron chi connectivity index (χ2n) is 4.86. The van der Waals surface area contributed by atoms with Gasteiger partial charge in [0.2, 0.25) is 5.91 Å². The summed E-state index contributed by atoms with van der Waals surface area (Å²) in [6.07, 6.45) is 0.195. The largest absolute Gasteiger partial charge is 0.394 e. The molecule has 2 amide bonds. The van der Waals surface area contributed by atoms with Crippen LogP contribution < -0.4 is 16.4 Å². The van der Waals surface area contributed by atoms with Crippen LogP contribution in [-0.4, -0.2) is 47.8 Å². The van der Waals surface area contributed by atoms with Gasteiger partial charge in [-0.2, -0.15) is 0 Å². The van der Waals surface area contributed by atoms with Crippen molar-refractivity contribution < 1.29 is 19.8 Å². The third-order valence-corrected chi connectivity index (χ3v) is 4.98. The van der Waals surface area contributed by atoms with Crippen molar-refractivity contribution in [2.24, 2.45) is 5.73 Å². The molecule has 0 aliphatic rings. The van der Waals surface area contributed by atoms with E-state index in [0.717, 1.165) is 5.56 Å². The van der Waals surface area contributed by atoms with Crippen LogP contribution in [-0.2, 0) is 4.79 Å². The highest BCUT2D eigenvalue weighted by Gasteiger charge is 2.22. The molecule has 25 heavy (non-hydrogen) atoms. The lowest BCUT2D eigenvalue weighted by Gasteiger charge is -2.18. The fourth-order valence-electron chi connectivity index (χ4n) is 1.84. The van der Waals surface area contributed by atoms with Crippen LogP contribution in [0.5, 0.6) is 0 Å². The molecule has 0 aromatic heterocycles. The van der Waals surface area contributed by atoms with Crippen molar-refractivity contribution in [2.45, 2.75) is 33.2 Å². The van der Waals surface area contributed by atoms with E-state index in [2.05, 4.69) is 10.6 Å². The minimum absolute atomic E-state index is 0.195. The molecule has 6 N–H and O–H groups in total. The molecule has 0 aliphatic heterocycles. The molecular weight excluding hydrogens is 552 g/mol. The second kappa shape index (κ2) is 12.8. The summed E-state index contributed by atoms with van der Waals surface area (Å²) in [6.45, 7) is 5.37. The van der Waals surface area contributed by atoms with E-state index in [-0.39, 0.29) is 32.1 Å². The summed E-state index contributed by atoms with van der Waals surface area (Å²) in [5.41, 5.74) is 7.17. The van der Waals surface area contributed by atoms with Crippen molar-refractivity contribution in [2.75, 3.05) is 25.1 Å². The molecule has 0 unspecified atom stereocenters. The van der Waals surface area contributed by atoms with Crippen molar-refractivity contribution >= 4 is 62.7 Å².